The molecule has 1 aromatic carbocycles. The van der Waals surface area contributed by atoms with Crippen molar-refractivity contribution < 1.29 is 23.2 Å². The topological polar surface area (TPSA) is 119 Å². The molecule has 0 saturated carbocycles. The van der Waals surface area contributed by atoms with Crippen molar-refractivity contribution in [3.8, 4) is 5.75 Å². The van der Waals surface area contributed by atoms with E-state index in [9.17, 15) is 23.6 Å². The van der Waals surface area contributed by atoms with E-state index in [1.54, 1.807) is 6.92 Å². The lowest BCUT2D eigenvalue weighted by Gasteiger charge is -2.33. The van der Waals surface area contributed by atoms with Crippen molar-refractivity contribution in [3.63, 3.8) is 0 Å². The molecule has 1 saturated heterocycles. The highest BCUT2D eigenvalue weighted by atomic mass is 32.2. The molecule has 2 rings (SSSR count). The van der Waals surface area contributed by atoms with Crippen molar-refractivity contribution in [3.05, 3.63) is 28.3 Å². The second kappa shape index (κ2) is 5.58. The van der Waals surface area contributed by atoms with Crippen LogP contribution in [0.4, 0.5) is 5.69 Å². The van der Waals surface area contributed by atoms with E-state index in [0.717, 1.165) is 18.2 Å². The lowest BCUT2D eigenvalue weighted by molar-refractivity contribution is -0.386. The van der Waals surface area contributed by atoms with Crippen molar-refractivity contribution in [2.75, 3.05) is 13.2 Å². The fourth-order valence-electron chi connectivity index (χ4n) is 2.12. The third-order valence-electron chi connectivity index (χ3n) is 3.43. The fourth-order valence-corrected chi connectivity index (χ4v) is 3.61. The number of rotatable bonds is 4. The molecule has 2 N–H and O–H groups in total. The van der Waals surface area contributed by atoms with Crippen molar-refractivity contribution >= 4 is 15.7 Å². The SMILES string of the molecule is CC1(NS(=O)(=O)c2ccc(O)c([N+](=O)[O-])c2)CCOCC1. The molecule has 116 valence electrons. The first-order chi connectivity index (χ1) is 9.73. The van der Waals surface area contributed by atoms with Crippen molar-refractivity contribution in [2.45, 2.75) is 30.2 Å². The summed E-state index contributed by atoms with van der Waals surface area (Å²) in [5, 5.41) is 20.1. The summed E-state index contributed by atoms with van der Waals surface area (Å²) in [6, 6.07) is 2.98. The molecule has 1 fully saturated rings. The Balaban J connectivity index is 2.31. The summed E-state index contributed by atoms with van der Waals surface area (Å²) in [7, 11) is -3.91. The third kappa shape index (κ3) is 3.49. The molecule has 1 aliphatic heterocycles. The minimum absolute atomic E-state index is 0.250. The number of benzene rings is 1. The van der Waals surface area contributed by atoms with Crippen LogP contribution in [0.2, 0.25) is 0 Å². The number of phenolic OH excluding ortho intramolecular Hbond substituents is 1. The highest BCUT2D eigenvalue weighted by Crippen LogP contribution is 2.29. The summed E-state index contributed by atoms with van der Waals surface area (Å²) >= 11 is 0. The Morgan fingerprint density at radius 2 is 2.00 bits per heavy atom. The lowest BCUT2D eigenvalue weighted by atomic mass is 9.94. The van der Waals surface area contributed by atoms with Crippen molar-refractivity contribution in [1.82, 2.24) is 4.72 Å². The van der Waals surface area contributed by atoms with Crippen LogP contribution in [0.3, 0.4) is 0 Å². The van der Waals surface area contributed by atoms with Gasteiger partial charge in [0, 0.05) is 24.8 Å². The standard InChI is InChI=1S/C12H16N2O6S/c1-12(4-6-20-7-5-12)13-21(18,19)9-2-3-11(15)10(8-9)14(16)17/h2-3,8,13,15H,4-7H2,1H3. The highest BCUT2D eigenvalue weighted by molar-refractivity contribution is 7.89. The molecule has 0 amide bonds. The number of hydrogen-bond donors (Lipinski definition) is 2. The van der Waals surface area contributed by atoms with Gasteiger partial charge in [0.15, 0.2) is 5.75 Å². The van der Waals surface area contributed by atoms with Gasteiger partial charge in [-0.2, -0.15) is 0 Å². The summed E-state index contributed by atoms with van der Waals surface area (Å²) in [5.74, 6) is -0.573. The van der Waals surface area contributed by atoms with Crippen LogP contribution < -0.4 is 4.72 Å². The Bertz CT molecular complexity index is 652. The zero-order chi connectivity index (χ0) is 15.7. The predicted molar refractivity (Wildman–Crippen MR) is 73.5 cm³/mol. The zero-order valence-electron chi connectivity index (χ0n) is 11.4. The molecule has 0 radical (unpaired) electrons. The molecule has 0 atom stereocenters. The molecule has 9 heteroatoms. The maximum absolute atomic E-state index is 12.3. The van der Waals surface area contributed by atoms with Gasteiger partial charge in [0.05, 0.1) is 9.82 Å². The van der Waals surface area contributed by atoms with E-state index >= 15 is 0 Å². The van der Waals surface area contributed by atoms with E-state index in [1.807, 2.05) is 0 Å². The molecule has 0 aliphatic carbocycles. The van der Waals surface area contributed by atoms with Gasteiger partial charge in [0.1, 0.15) is 0 Å². The third-order valence-corrected chi connectivity index (χ3v) is 5.07. The first kappa shape index (κ1) is 15.7. The predicted octanol–water partition coefficient (Wildman–Crippen LogP) is 1.15. The Kier molecular flexibility index (Phi) is 4.17. The van der Waals surface area contributed by atoms with E-state index in [-0.39, 0.29) is 4.90 Å². The minimum atomic E-state index is -3.91. The van der Waals surface area contributed by atoms with Crippen LogP contribution >= 0.6 is 0 Å². The van der Waals surface area contributed by atoms with Gasteiger partial charge in [-0.15, -0.1) is 0 Å². The van der Waals surface area contributed by atoms with Crippen LogP contribution in [0.1, 0.15) is 19.8 Å². The number of hydrogen-bond acceptors (Lipinski definition) is 6. The lowest BCUT2D eigenvalue weighted by Crippen LogP contribution is -2.49. The van der Waals surface area contributed by atoms with E-state index < -0.39 is 31.9 Å². The Morgan fingerprint density at radius 3 is 2.57 bits per heavy atom. The number of sulfonamides is 1. The molecule has 1 aliphatic rings. The number of nitro benzene ring substituents is 1. The molecular weight excluding hydrogens is 300 g/mol. The quantitative estimate of drug-likeness (QED) is 0.635. The van der Waals surface area contributed by atoms with E-state index in [1.165, 1.54) is 0 Å². The Labute approximate surface area is 121 Å². The number of aromatic hydroxyl groups is 1. The van der Waals surface area contributed by atoms with Crippen LogP contribution in [-0.4, -0.2) is 37.2 Å². The van der Waals surface area contributed by atoms with Crippen molar-refractivity contribution in [1.29, 1.82) is 0 Å². The maximum atomic E-state index is 12.3. The average molecular weight is 316 g/mol. The van der Waals surface area contributed by atoms with Crippen LogP contribution in [-0.2, 0) is 14.8 Å². The van der Waals surface area contributed by atoms with Crippen LogP contribution in [0, 0.1) is 10.1 Å². The maximum Gasteiger partial charge on any atom is 0.312 e. The van der Waals surface area contributed by atoms with E-state index in [4.69, 9.17) is 4.74 Å². The largest absolute Gasteiger partial charge is 0.502 e. The van der Waals surface area contributed by atoms with Gasteiger partial charge < -0.3 is 9.84 Å². The second-order valence-corrected chi connectivity index (χ2v) is 6.87. The summed E-state index contributed by atoms with van der Waals surface area (Å²) in [6.45, 7) is 2.67. The van der Waals surface area contributed by atoms with Gasteiger partial charge in [-0.1, -0.05) is 0 Å². The number of ether oxygens (including phenoxy) is 1. The molecule has 0 spiro atoms. The van der Waals surface area contributed by atoms with Gasteiger partial charge in [0.2, 0.25) is 10.0 Å². The number of nitro groups is 1. The minimum Gasteiger partial charge on any atom is -0.502 e. The summed E-state index contributed by atoms with van der Waals surface area (Å²) in [4.78, 5) is 9.69. The molecule has 0 aromatic heterocycles. The van der Waals surface area contributed by atoms with Gasteiger partial charge in [0.25, 0.3) is 0 Å². The summed E-state index contributed by atoms with van der Waals surface area (Å²) < 4.78 is 32.4. The first-order valence-corrected chi connectivity index (χ1v) is 7.81. The van der Waals surface area contributed by atoms with Crippen molar-refractivity contribution in [2.24, 2.45) is 0 Å². The molecule has 21 heavy (non-hydrogen) atoms. The average Bonchev–Trinajstić information content (AvgIpc) is 2.38. The molecule has 0 bridgehead atoms. The van der Waals surface area contributed by atoms with Crippen LogP contribution in [0.25, 0.3) is 0 Å². The molecule has 1 aromatic rings. The molecule has 1 heterocycles. The number of nitrogens with one attached hydrogen (secondary N) is 1. The van der Waals surface area contributed by atoms with E-state index in [2.05, 4.69) is 4.72 Å². The smallest absolute Gasteiger partial charge is 0.312 e. The fraction of sp³-hybridized carbons (Fsp3) is 0.500. The Hall–Kier alpha value is -1.71. The highest BCUT2D eigenvalue weighted by Gasteiger charge is 2.33. The molecule has 0 unspecified atom stereocenters. The molecule has 8 nitrogen and oxygen atoms in total. The summed E-state index contributed by atoms with van der Waals surface area (Å²) in [5.41, 5.74) is -1.29. The summed E-state index contributed by atoms with van der Waals surface area (Å²) in [6.07, 6.45) is 1.04. The van der Waals surface area contributed by atoms with Gasteiger partial charge in [-0.05, 0) is 31.9 Å². The van der Waals surface area contributed by atoms with Gasteiger partial charge >= 0.3 is 5.69 Å². The normalized spacial score (nSPS) is 18.3. The molecular formula is C12H16N2O6S. The first-order valence-electron chi connectivity index (χ1n) is 6.33. The second-order valence-electron chi connectivity index (χ2n) is 5.19. The monoisotopic (exact) mass is 316 g/mol. The Morgan fingerprint density at radius 1 is 1.38 bits per heavy atom. The van der Waals surface area contributed by atoms with E-state index in [0.29, 0.717) is 26.1 Å². The number of phenols is 1. The number of nitrogens with zero attached hydrogens (tertiary/aromatic N) is 1. The van der Waals surface area contributed by atoms with Crippen LogP contribution in [0.15, 0.2) is 23.1 Å². The zero-order valence-corrected chi connectivity index (χ0v) is 12.2. The van der Waals surface area contributed by atoms with Gasteiger partial charge in [-0.25, -0.2) is 13.1 Å². The van der Waals surface area contributed by atoms with Crippen LogP contribution in [0.5, 0.6) is 5.75 Å². The van der Waals surface area contributed by atoms with Gasteiger partial charge in [-0.3, -0.25) is 10.1 Å².